The van der Waals surface area contributed by atoms with Crippen LogP contribution in [0, 0.1) is 11.8 Å². The number of hydrogen-bond donors (Lipinski definition) is 1. The average Bonchev–Trinajstić information content (AvgIpc) is 2.82. The van der Waals surface area contributed by atoms with Gasteiger partial charge in [0.2, 0.25) is 0 Å². The Labute approximate surface area is 87.0 Å². The van der Waals surface area contributed by atoms with Gasteiger partial charge in [-0.05, 0) is 37.5 Å². The molecule has 1 rings (SSSR count). The first-order valence-corrected chi connectivity index (χ1v) is 7.39. The van der Waals surface area contributed by atoms with Crippen molar-refractivity contribution in [2.24, 2.45) is 17.6 Å². The molecule has 0 heterocycles. The van der Waals surface area contributed by atoms with E-state index in [0.29, 0.717) is 12.3 Å². The maximum absolute atomic E-state index is 10.9. The lowest BCUT2D eigenvalue weighted by atomic mass is 9.94. The Morgan fingerprint density at radius 1 is 1.43 bits per heavy atom. The standard InChI is InChI=1S/C10H21NO2S/c1-8(9-5-6-9)10(11)4-3-7-14(2,12)13/h8-10H,3-7,11H2,1-2H3. The van der Waals surface area contributed by atoms with Crippen LogP contribution in [0.5, 0.6) is 0 Å². The highest BCUT2D eigenvalue weighted by atomic mass is 32.2. The monoisotopic (exact) mass is 219 g/mol. The van der Waals surface area contributed by atoms with Crippen LogP contribution in [0.2, 0.25) is 0 Å². The van der Waals surface area contributed by atoms with Gasteiger partial charge in [-0.3, -0.25) is 0 Å². The predicted octanol–water partition coefficient (Wildman–Crippen LogP) is 1.18. The van der Waals surface area contributed by atoms with Crippen LogP contribution in [0.15, 0.2) is 0 Å². The van der Waals surface area contributed by atoms with Crippen LogP contribution in [0.3, 0.4) is 0 Å². The highest BCUT2D eigenvalue weighted by Crippen LogP contribution is 2.38. The summed E-state index contributed by atoms with van der Waals surface area (Å²) in [5.74, 6) is 1.65. The molecule has 0 spiro atoms. The van der Waals surface area contributed by atoms with E-state index in [1.165, 1.54) is 19.1 Å². The second kappa shape index (κ2) is 4.62. The molecule has 0 aromatic carbocycles. The summed E-state index contributed by atoms with van der Waals surface area (Å²) in [6.45, 7) is 2.18. The van der Waals surface area contributed by atoms with Crippen LogP contribution in [-0.2, 0) is 9.84 Å². The molecule has 1 fully saturated rings. The summed E-state index contributed by atoms with van der Waals surface area (Å²) in [7, 11) is -2.81. The van der Waals surface area contributed by atoms with E-state index >= 15 is 0 Å². The second-order valence-corrected chi connectivity index (χ2v) is 6.89. The van der Waals surface area contributed by atoms with Crippen LogP contribution in [0.25, 0.3) is 0 Å². The molecule has 84 valence electrons. The topological polar surface area (TPSA) is 60.2 Å². The van der Waals surface area contributed by atoms with Crippen molar-refractivity contribution in [3.05, 3.63) is 0 Å². The summed E-state index contributed by atoms with van der Waals surface area (Å²) < 4.78 is 21.8. The third-order valence-corrected chi connectivity index (χ3v) is 4.12. The summed E-state index contributed by atoms with van der Waals surface area (Å²) in [6, 6.07) is 0.184. The minimum Gasteiger partial charge on any atom is -0.327 e. The normalized spacial score (nSPS) is 21.9. The van der Waals surface area contributed by atoms with E-state index in [0.717, 1.165) is 12.3 Å². The van der Waals surface area contributed by atoms with Crippen LogP contribution in [0.4, 0.5) is 0 Å². The summed E-state index contributed by atoms with van der Waals surface area (Å²) in [5, 5.41) is 0. The third-order valence-electron chi connectivity index (χ3n) is 3.09. The molecule has 3 nitrogen and oxygen atoms in total. The maximum Gasteiger partial charge on any atom is 0.147 e. The van der Waals surface area contributed by atoms with Gasteiger partial charge in [0, 0.05) is 18.1 Å². The second-order valence-electron chi connectivity index (χ2n) is 4.63. The number of sulfone groups is 1. The zero-order chi connectivity index (χ0) is 10.8. The average molecular weight is 219 g/mol. The predicted molar refractivity (Wildman–Crippen MR) is 58.8 cm³/mol. The van der Waals surface area contributed by atoms with Gasteiger partial charge in [-0.15, -0.1) is 0 Å². The minimum atomic E-state index is -2.81. The molecule has 0 radical (unpaired) electrons. The van der Waals surface area contributed by atoms with Crippen molar-refractivity contribution < 1.29 is 8.42 Å². The molecule has 0 aromatic rings. The van der Waals surface area contributed by atoms with E-state index in [1.54, 1.807) is 0 Å². The van der Waals surface area contributed by atoms with Crippen LogP contribution in [0.1, 0.15) is 32.6 Å². The Morgan fingerprint density at radius 2 is 2.00 bits per heavy atom. The molecule has 2 unspecified atom stereocenters. The molecule has 0 aliphatic heterocycles. The summed E-state index contributed by atoms with van der Waals surface area (Å²) >= 11 is 0. The van der Waals surface area contributed by atoms with Crippen molar-refractivity contribution in [3.8, 4) is 0 Å². The number of rotatable bonds is 6. The fraction of sp³-hybridized carbons (Fsp3) is 1.00. The SMILES string of the molecule is CC(C(N)CCCS(C)(=O)=O)C1CC1. The van der Waals surface area contributed by atoms with Crippen LogP contribution in [-0.4, -0.2) is 26.5 Å². The van der Waals surface area contributed by atoms with Gasteiger partial charge in [0.1, 0.15) is 9.84 Å². The highest BCUT2D eigenvalue weighted by Gasteiger charge is 2.31. The minimum absolute atomic E-state index is 0.184. The van der Waals surface area contributed by atoms with E-state index in [-0.39, 0.29) is 11.8 Å². The first-order chi connectivity index (χ1) is 6.40. The number of hydrogen-bond acceptors (Lipinski definition) is 3. The van der Waals surface area contributed by atoms with Gasteiger partial charge in [-0.2, -0.15) is 0 Å². The molecule has 1 aliphatic carbocycles. The van der Waals surface area contributed by atoms with Gasteiger partial charge in [-0.1, -0.05) is 6.92 Å². The van der Waals surface area contributed by atoms with Crippen molar-refractivity contribution in [2.75, 3.05) is 12.0 Å². The Morgan fingerprint density at radius 3 is 2.43 bits per heavy atom. The molecular weight excluding hydrogens is 198 g/mol. The summed E-state index contributed by atoms with van der Waals surface area (Å²) in [4.78, 5) is 0. The van der Waals surface area contributed by atoms with E-state index in [4.69, 9.17) is 5.73 Å². The van der Waals surface area contributed by atoms with Gasteiger partial charge in [-0.25, -0.2) is 8.42 Å². The molecule has 4 heteroatoms. The van der Waals surface area contributed by atoms with E-state index in [2.05, 4.69) is 6.92 Å². The molecule has 14 heavy (non-hydrogen) atoms. The summed E-state index contributed by atoms with van der Waals surface area (Å²) in [5.41, 5.74) is 5.99. The van der Waals surface area contributed by atoms with Gasteiger partial charge in [0.15, 0.2) is 0 Å². The third kappa shape index (κ3) is 4.42. The molecule has 0 aromatic heterocycles. The molecular formula is C10H21NO2S. The molecule has 2 atom stereocenters. The molecule has 2 N–H and O–H groups in total. The first kappa shape index (κ1) is 12.0. The first-order valence-electron chi connectivity index (χ1n) is 5.33. The van der Waals surface area contributed by atoms with E-state index in [9.17, 15) is 8.42 Å². The Balaban J connectivity index is 2.17. The van der Waals surface area contributed by atoms with Crippen LogP contribution >= 0.6 is 0 Å². The van der Waals surface area contributed by atoms with E-state index < -0.39 is 9.84 Å². The largest absolute Gasteiger partial charge is 0.327 e. The summed E-state index contributed by atoms with van der Waals surface area (Å²) in [6.07, 6.45) is 5.44. The van der Waals surface area contributed by atoms with Gasteiger partial charge < -0.3 is 5.73 Å². The lowest BCUT2D eigenvalue weighted by molar-refractivity contribution is 0.385. The molecule has 1 saturated carbocycles. The van der Waals surface area contributed by atoms with Crippen molar-refractivity contribution in [3.63, 3.8) is 0 Å². The molecule has 1 aliphatic rings. The van der Waals surface area contributed by atoms with Crippen molar-refractivity contribution >= 4 is 9.84 Å². The molecule has 0 amide bonds. The zero-order valence-corrected chi connectivity index (χ0v) is 9.89. The maximum atomic E-state index is 10.9. The van der Waals surface area contributed by atoms with E-state index in [1.807, 2.05) is 0 Å². The van der Waals surface area contributed by atoms with Gasteiger partial charge in [0.05, 0.1) is 0 Å². The van der Waals surface area contributed by atoms with Crippen LogP contribution < -0.4 is 5.73 Å². The molecule has 0 saturated heterocycles. The van der Waals surface area contributed by atoms with Crippen molar-refractivity contribution in [1.29, 1.82) is 0 Å². The van der Waals surface area contributed by atoms with Crippen molar-refractivity contribution in [1.82, 2.24) is 0 Å². The zero-order valence-electron chi connectivity index (χ0n) is 9.07. The molecule has 0 bridgehead atoms. The lowest BCUT2D eigenvalue weighted by Crippen LogP contribution is -2.30. The number of nitrogens with two attached hydrogens (primary N) is 1. The highest BCUT2D eigenvalue weighted by molar-refractivity contribution is 7.90. The Hall–Kier alpha value is -0.0900. The quantitative estimate of drug-likeness (QED) is 0.730. The Bertz CT molecular complexity index is 270. The fourth-order valence-corrected chi connectivity index (χ4v) is 2.51. The van der Waals surface area contributed by atoms with Gasteiger partial charge >= 0.3 is 0 Å². The Kier molecular flexibility index (Phi) is 3.95. The lowest BCUT2D eigenvalue weighted by Gasteiger charge is -2.18. The fourth-order valence-electron chi connectivity index (χ4n) is 1.82. The van der Waals surface area contributed by atoms with Crippen molar-refractivity contribution in [2.45, 2.75) is 38.6 Å². The van der Waals surface area contributed by atoms with Gasteiger partial charge in [0.25, 0.3) is 0 Å². The smallest absolute Gasteiger partial charge is 0.147 e.